The Labute approximate surface area is 172 Å². The van der Waals surface area contributed by atoms with E-state index >= 15 is 0 Å². The zero-order chi connectivity index (χ0) is 18.7. The van der Waals surface area contributed by atoms with Crippen LogP contribution in [0.5, 0.6) is 0 Å². The lowest BCUT2D eigenvalue weighted by Gasteiger charge is -2.36. The van der Waals surface area contributed by atoms with Crippen LogP contribution in [0.2, 0.25) is 5.02 Å². The summed E-state index contributed by atoms with van der Waals surface area (Å²) in [4.78, 5) is 15.0. The molecule has 0 spiro atoms. The Bertz CT molecular complexity index is 818. The Balaban J connectivity index is 1.72. The molecule has 1 amide bonds. The molecule has 8 heteroatoms. The van der Waals surface area contributed by atoms with Crippen LogP contribution in [0, 0.1) is 3.95 Å². The minimum absolute atomic E-state index is 0.165. The number of carbonyl (C=O) groups excluding carboxylic acids is 1. The first-order valence-corrected chi connectivity index (χ1v) is 11.3. The summed E-state index contributed by atoms with van der Waals surface area (Å²) in [6.45, 7) is 5.00. The number of hydrogen-bond acceptors (Lipinski definition) is 5. The molecule has 4 nitrogen and oxygen atoms in total. The molecule has 1 aliphatic heterocycles. The molecule has 2 atom stereocenters. The van der Waals surface area contributed by atoms with Crippen LogP contribution in [0.25, 0.3) is 5.69 Å². The van der Waals surface area contributed by atoms with E-state index < -0.39 is 0 Å². The molecule has 1 saturated heterocycles. The van der Waals surface area contributed by atoms with E-state index in [1.54, 1.807) is 4.68 Å². The number of amides is 1. The molecular formula is C18H22ClN3OS3. The second-order valence-corrected chi connectivity index (χ2v) is 10.0. The molecule has 1 aliphatic rings. The fourth-order valence-electron chi connectivity index (χ4n) is 3.20. The third-order valence-electron chi connectivity index (χ3n) is 4.61. The van der Waals surface area contributed by atoms with Crippen LogP contribution in [-0.2, 0) is 4.79 Å². The average molecular weight is 428 g/mol. The molecule has 3 rings (SSSR count). The summed E-state index contributed by atoms with van der Waals surface area (Å²) in [6, 6.07) is 7.79. The topological polar surface area (TPSA) is 38.1 Å². The quantitative estimate of drug-likeness (QED) is 0.460. The van der Waals surface area contributed by atoms with Gasteiger partial charge in [-0.2, -0.15) is 0 Å². The molecule has 2 aromatic rings. The Morgan fingerprint density at radius 3 is 2.85 bits per heavy atom. The Morgan fingerprint density at radius 1 is 1.42 bits per heavy atom. The number of likely N-dealkylation sites (tertiary alicyclic amines) is 1. The number of rotatable bonds is 5. The number of carbonyl (C=O) groups is 1. The van der Waals surface area contributed by atoms with Gasteiger partial charge in [0.1, 0.15) is 0 Å². The van der Waals surface area contributed by atoms with Gasteiger partial charge in [-0.25, -0.2) is 4.68 Å². The van der Waals surface area contributed by atoms with Gasteiger partial charge in [-0.3, -0.25) is 4.79 Å². The van der Waals surface area contributed by atoms with Crippen LogP contribution in [0.4, 0.5) is 0 Å². The number of nitrogens with zero attached hydrogens (tertiary/aromatic N) is 3. The normalized spacial score (nSPS) is 18.7. The molecular weight excluding hydrogens is 406 g/mol. The minimum atomic E-state index is -0.165. The van der Waals surface area contributed by atoms with Gasteiger partial charge < -0.3 is 4.90 Å². The summed E-state index contributed by atoms with van der Waals surface area (Å²) in [5.41, 5.74) is 0.878. The van der Waals surface area contributed by atoms with E-state index in [-0.39, 0.29) is 11.2 Å². The summed E-state index contributed by atoms with van der Waals surface area (Å²) in [6.07, 6.45) is 4.46. The van der Waals surface area contributed by atoms with Gasteiger partial charge >= 0.3 is 0 Å². The number of piperidine rings is 1. The summed E-state index contributed by atoms with van der Waals surface area (Å²) < 4.78 is 3.21. The molecule has 2 heterocycles. The SMILES string of the molecule is CCC1CCCCN1C(=O)C(C)Sc1nn(-c2ccc(Cl)cc2)c(=S)s1. The van der Waals surface area contributed by atoms with Crippen molar-refractivity contribution in [2.75, 3.05) is 6.54 Å². The molecule has 1 fully saturated rings. The van der Waals surface area contributed by atoms with Gasteiger partial charge in [0, 0.05) is 17.6 Å². The molecule has 0 saturated carbocycles. The van der Waals surface area contributed by atoms with Gasteiger partial charge in [-0.1, -0.05) is 41.6 Å². The van der Waals surface area contributed by atoms with Crippen molar-refractivity contribution in [3.8, 4) is 5.69 Å². The van der Waals surface area contributed by atoms with Crippen molar-refractivity contribution in [2.24, 2.45) is 0 Å². The van der Waals surface area contributed by atoms with E-state index in [0.717, 1.165) is 35.8 Å². The highest BCUT2D eigenvalue weighted by atomic mass is 35.5. The molecule has 140 valence electrons. The zero-order valence-electron chi connectivity index (χ0n) is 14.9. The smallest absolute Gasteiger partial charge is 0.236 e. The van der Waals surface area contributed by atoms with Gasteiger partial charge in [0.2, 0.25) is 5.91 Å². The molecule has 0 bridgehead atoms. The van der Waals surface area contributed by atoms with Crippen molar-refractivity contribution < 1.29 is 4.79 Å². The Hall–Kier alpha value is -0.890. The zero-order valence-corrected chi connectivity index (χ0v) is 18.1. The highest BCUT2D eigenvalue weighted by molar-refractivity contribution is 8.02. The fraction of sp³-hybridized carbons (Fsp3) is 0.500. The van der Waals surface area contributed by atoms with Crippen molar-refractivity contribution in [1.29, 1.82) is 0 Å². The first kappa shape index (κ1) is 19.9. The predicted molar refractivity (Wildman–Crippen MR) is 112 cm³/mol. The highest BCUT2D eigenvalue weighted by Gasteiger charge is 2.29. The Kier molecular flexibility index (Phi) is 6.77. The van der Waals surface area contributed by atoms with Gasteiger partial charge in [-0.05, 0) is 69.1 Å². The molecule has 1 aromatic carbocycles. The summed E-state index contributed by atoms with van der Waals surface area (Å²) in [5, 5.41) is 5.11. The number of halogens is 1. The number of thioether (sulfide) groups is 1. The maximum absolute atomic E-state index is 12.9. The van der Waals surface area contributed by atoms with E-state index in [0.29, 0.717) is 15.0 Å². The van der Waals surface area contributed by atoms with Gasteiger partial charge in [0.15, 0.2) is 8.29 Å². The summed E-state index contributed by atoms with van der Waals surface area (Å²) >= 11 is 14.3. The van der Waals surface area contributed by atoms with Crippen molar-refractivity contribution in [3.63, 3.8) is 0 Å². The van der Waals surface area contributed by atoms with Crippen molar-refractivity contribution >= 4 is 52.8 Å². The third-order valence-corrected chi connectivity index (χ3v) is 7.26. The van der Waals surface area contributed by atoms with Crippen LogP contribution in [0.3, 0.4) is 0 Å². The third kappa shape index (κ3) is 4.50. The second-order valence-electron chi connectivity index (χ2n) is 6.37. The van der Waals surface area contributed by atoms with E-state index in [4.69, 9.17) is 23.8 Å². The van der Waals surface area contributed by atoms with Crippen LogP contribution in [0.1, 0.15) is 39.5 Å². The monoisotopic (exact) mass is 427 g/mol. The number of aromatic nitrogens is 2. The van der Waals surface area contributed by atoms with Crippen LogP contribution >= 0.6 is 46.9 Å². The van der Waals surface area contributed by atoms with Crippen molar-refractivity contribution in [1.82, 2.24) is 14.7 Å². The lowest BCUT2D eigenvalue weighted by Crippen LogP contribution is -2.46. The maximum Gasteiger partial charge on any atom is 0.236 e. The molecule has 26 heavy (non-hydrogen) atoms. The molecule has 0 aliphatic carbocycles. The molecule has 0 N–H and O–H groups in total. The second kappa shape index (κ2) is 8.87. The maximum atomic E-state index is 12.9. The predicted octanol–water partition coefficient (Wildman–Crippen LogP) is 5.59. The van der Waals surface area contributed by atoms with Crippen molar-refractivity contribution in [2.45, 2.75) is 55.2 Å². The van der Waals surface area contributed by atoms with Crippen LogP contribution in [-0.4, -0.2) is 38.4 Å². The van der Waals surface area contributed by atoms with E-state index in [1.165, 1.54) is 29.5 Å². The minimum Gasteiger partial charge on any atom is -0.339 e. The first-order chi connectivity index (χ1) is 12.5. The van der Waals surface area contributed by atoms with E-state index in [1.807, 2.05) is 31.2 Å². The molecule has 0 radical (unpaired) electrons. The number of benzene rings is 1. The standard InChI is InChI=1S/C18H22ClN3OS3/c1-3-14-6-4-5-11-21(14)16(23)12(2)25-17-20-22(18(24)26-17)15-9-7-13(19)8-10-15/h7-10,12,14H,3-6,11H2,1-2H3. The van der Waals surface area contributed by atoms with Crippen LogP contribution in [0.15, 0.2) is 28.6 Å². The molecule has 2 unspecified atom stereocenters. The highest BCUT2D eigenvalue weighted by Crippen LogP contribution is 2.30. The fourth-order valence-corrected chi connectivity index (χ4v) is 5.91. The van der Waals surface area contributed by atoms with Gasteiger partial charge in [0.05, 0.1) is 10.9 Å². The van der Waals surface area contributed by atoms with E-state index in [2.05, 4.69) is 16.9 Å². The first-order valence-electron chi connectivity index (χ1n) is 8.83. The van der Waals surface area contributed by atoms with Gasteiger partial charge in [0.25, 0.3) is 0 Å². The summed E-state index contributed by atoms with van der Waals surface area (Å²) in [7, 11) is 0. The lowest BCUT2D eigenvalue weighted by molar-refractivity contribution is -0.134. The van der Waals surface area contributed by atoms with Gasteiger partial charge in [-0.15, -0.1) is 5.10 Å². The summed E-state index contributed by atoms with van der Waals surface area (Å²) in [5.74, 6) is 0.209. The largest absolute Gasteiger partial charge is 0.339 e. The Morgan fingerprint density at radius 2 is 2.15 bits per heavy atom. The van der Waals surface area contributed by atoms with Crippen molar-refractivity contribution in [3.05, 3.63) is 33.2 Å². The van der Waals surface area contributed by atoms with E-state index in [9.17, 15) is 4.79 Å². The van der Waals surface area contributed by atoms with Crippen LogP contribution < -0.4 is 0 Å². The number of hydrogen-bond donors (Lipinski definition) is 0. The lowest BCUT2D eigenvalue weighted by atomic mass is 10.00. The average Bonchev–Trinajstić information content (AvgIpc) is 3.01. The molecule has 1 aromatic heterocycles.